The van der Waals surface area contributed by atoms with Crippen molar-refractivity contribution in [2.45, 2.75) is 52.5 Å². The molecule has 17 heavy (non-hydrogen) atoms. The highest BCUT2D eigenvalue weighted by atomic mass is 16.3. The lowest BCUT2D eigenvalue weighted by Gasteiger charge is -2.32. The molecule has 0 aromatic rings. The summed E-state index contributed by atoms with van der Waals surface area (Å²) >= 11 is 0. The predicted molar refractivity (Wildman–Crippen MR) is 75.4 cm³/mol. The van der Waals surface area contributed by atoms with E-state index in [1.165, 1.54) is 0 Å². The van der Waals surface area contributed by atoms with Crippen molar-refractivity contribution in [1.29, 1.82) is 0 Å². The Hall–Kier alpha value is -0.120. The van der Waals surface area contributed by atoms with Gasteiger partial charge in [-0.25, -0.2) is 0 Å². The van der Waals surface area contributed by atoms with E-state index in [0.29, 0.717) is 0 Å². The zero-order chi connectivity index (χ0) is 13.3. The van der Waals surface area contributed by atoms with E-state index in [-0.39, 0.29) is 12.1 Å². The molecule has 0 heterocycles. The Balaban J connectivity index is 3.97. The zero-order valence-electron chi connectivity index (χ0n) is 12.4. The molecule has 104 valence electrons. The summed E-state index contributed by atoms with van der Waals surface area (Å²) in [5.74, 6) is 0.725. The molecule has 0 aliphatic carbocycles. The Bertz CT molecular complexity index is 179. The molecular weight excluding hydrogens is 212 g/mol. The molecule has 1 atom stereocenters. The SMILES string of the molecule is CCNC(CC)(CO)CCCN(C)CC(C)C. The molecule has 0 aliphatic rings. The summed E-state index contributed by atoms with van der Waals surface area (Å²) in [6, 6.07) is 0. The quantitative estimate of drug-likeness (QED) is 0.618. The highest BCUT2D eigenvalue weighted by Crippen LogP contribution is 2.17. The number of nitrogens with one attached hydrogen (secondary N) is 1. The Kier molecular flexibility index (Phi) is 8.83. The summed E-state index contributed by atoms with van der Waals surface area (Å²) in [5, 5.41) is 13.0. The summed E-state index contributed by atoms with van der Waals surface area (Å²) in [6.07, 6.45) is 3.19. The van der Waals surface area contributed by atoms with Crippen molar-refractivity contribution in [1.82, 2.24) is 10.2 Å². The fourth-order valence-electron chi connectivity index (χ4n) is 2.41. The highest BCUT2D eigenvalue weighted by molar-refractivity contribution is 4.85. The van der Waals surface area contributed by atoms with E-state index in [9.17, 15) is 5.11 Å². The molecule has 0 radical (unpaired) electrons. The first-order valence-corrected chi connectivity index (χ1v) is 7.04. The van der Waals surface area contributed by atoms with Gasteiger partial charge in [0, 0.05) is 12.1 Å². The maximum absolute atomic E-state index is 9.54. The molecule has 0 aromatic heterocycles. The molecule has 0 saturated heterocycles. The molecular formula is C14H32N2O. The fourth-order valence-corrected chi connectivity index (χ4v) is 2.41. The lowest BCUT2D eigenvalue weighted by Crippen LogP contribution is -2.48. The molecule has 1 unspecified atom stereocenters. The maximum atomic E-state index is 9.54. The first-order valence-electron chi connectivity index (χ1n) is 7.04. The third kappa shape index (κ3) is 7.02. The van der Waals surface area contributed by atoms with E-state index in [4.69, 9.17) is 0 Å². The van der Waals surface area contributed by atoms with Gasteiger partial charge in [-0.3, -0.25) is 0 Å². The minimum Gasteiger partial charge on any atom is -0.394 e. The third-order valence-electron chi connectivity index (χ3n) is 3.40. The molecule has 0 amide bonds. The molecule has 0 fully saturated rings. The van der Waals surface area contributed by atoms with E-state index in [1.54, 1.807) is 0 Å². The van der Waals surface area contributed by atoms with Crippen molar-refractivity contribution in [3.05, 3.63) is 0 Å². The first-order chi connectivity index (χ1) is 7.99. The Labute approximate surface area is 108 Å². The largest absolute Gasteiger partial charge is 0.394 e. The molecule has 0 bridgehead atoms. The summed E-state index contributed by atoms with van der Waals surface area (Å²) < 4.78 is 0. The van der Waals surface area contributed by atoms with Gasteiger partial charge in [-0.2, -0.15) is 0 Å². The topological polar surface area (TPSA) is 35.5 Å². The summed E-state index contributed by atoms with van der Waals surface area (Å²) in [7, 11) is 2.18. The van der Waals surface area contributed by atoms with Gasteiger partial charge in [0.05, 0.1) is 6.61 Å². The van der Waals surface area contributed by atoms with Crippen LogP contribution in [0.25, 0.3) is 0 Å². The van der Waals surface area contributed by atoms with E-state index in [1.807, 2.05) is 0 Å². The predicted octanol–water partition coefficient (Wildman–Crippen LogP) is 2.10. The van der Waals surface area contributed by atoms with Crippen molar-refractivity contribution in [2.75, 3.05) is 33.3 Å². The van der Waals surface area contributed by atoms with Crippen LogP contribution in [0, 0.1) is 5.92 Å². The van der Waals surface area contributed by atoms with Gasteiger partial charge in [0.15, 0.2) is 0 Å². The van der Waals surface area contributed by atoms with Crippen molar-refractivity contribution < 1.29 is 5.11 Å². The van der Waals surface area contributed by atoms with Gasteiger partial charge in [-0.1, -0.05) is 27.7 Å². The summed E-state index contributed by atoms with van der Waals surface area (Å²) in [6.45, 7) is 12.2. The van der Waals surface area contributed by atoms with E-state index < -0.39 is 0 Å². The van der Waals surface area contributed by atoms with Crippen LogP contribution in [0.3, 0.4) is 0 Å². The van der Waals surface area contributed by atoms with Crippen LogP contribution in [-0.4, -0.2) is 48.8 Å². The van der Waals surface area contributed by atoms with Crippen LogP contribution in [0.15, 0.2) is 0 Å². The monoisotopic (exact) mass is 244 g/mol. The molecule has 2 N–H and O–H groups in total. The second kappa shape index (κ2) is 8.90. The number of hydrogen-bond donors (Lipinski definition) is 2. The molecule has 3 nitrogen and oxygen atoms in total. The number of nitrogens with zero attached hydrogens (tertiary/aromatic N) is 1. The first kappa shape index (κ1) is 16.9. The van der Waals surface area contributed by atoms with Crippen molar-refractivity contribution >= 4 is 0 Å². The van der Waals surface area contributed by atoms with Crippen LogP contribution in [-0.2, 0) is 0 Å². The molecule has 0 aromatic carbocycles. The van der Waals surface area contributed by atoms with Gasteiger partial charge in [0.25, 0.3) is 0 Å². The Morgan fingerprint density at radius 1 is 1.29 bits per heavy atom. The molecule has 3 heteroatoms. The van der Waals surface area contributed by atoms with Crippen LogP contribution < -0.4 is 5.32 Å². The summed E-state index contributed by atoms with van der Waals surface area (Å²) in [5.41, 5.74) is -0.0621. The minimum atomic E-state index is -0.0621. The average molecular weight is 244 g/mol. The van der Waals surface area contributed by atoms with Crippen LogP contribution in [0.5, 0.6) is 0 Å². The van der Waals surface area contributed by atoms with E-state index >= 15 is 0 Å². The normalized spacial score (nSPS) is 15.5. The van der Waals surface area contributed by atoms with E-state index in [2.05, 4.69) is 45.0 Å². The average Bonchev–Trinajstić information content (AvgIpc) is 2.27. The fraction of sp³-hybridized carbons (Fsp3) is 1.00. The third-order valence-corrected chi connectivity index (χ3v) is 3.40. The minimum absolute atomic E-state index is 0.0621. The number of rotatable bonds is 10. The number of aliphatic hydroxyl groups is 1. The molecule has 0 spiro atoms. The van der Waals surface area contributed by atoms with Crippen molar-refractivity contribution in [3.8, 4) is 0 Å². The lowest BCUT2D eigenvalue weighted by atomic mass is 9.91. The smallest absolute Gasteiger partial charge is 0.0613 e. The van der Waals surface area contributed by atoms with Gasteiger partial charge in [0.1, 0.15) is 0 Å². The van der Waals surface area contributed by atoms with Gasteiger partial charge in [0.2, 0.25) is 0 Å². The highest BCUT2D eigenvalue weighted by Gasteiger charge is 2.25. The van der Waals surface area contributed by atoms with Gasteiger partial charge in [-0.05, 0) is 45.3 Å². The van der Waals surface area contributed by atoms with E-state index in [0.717, 1.165) is 44.8 Å². The number of aliphatic hydroxyl groups excluding tert-OH is 1. The standard InChI is InChI=1S/C14H32N2O/c1-6-14(12-17,15-7-2)9-8-10-16(5)11-13(3)4/h13,15,17H,6-12H2,1-5H3. The number of likely N-dealkylation sites (N-methyl/N-ethyl adjacent to an activating group) is 1. The second-order valence-corrected chi connectivity index (χ2v) is 5.58. The van der Waals surface area contributed by atoms with Gasteiger partial charge >= 0.3 is 0 Å². The van der Waals surface area contributed by atoms with Gasteiger partial charge < -0.3 is 15.3 Å². The molecule has 0 rings (SSSR count). The second-order valence-electron chi connectivity index (χ2n) is 5.58. The zero-order valence-corrected chi connectivity index (χ0v) is 12.4. The van der Waals surface area contributed by atoms with Crippen molar-refractivity contribution in [3.63, 3.8) is 0 Å². The van der Waals surface area contributed by atoms with Crippen LogP contribution in [0.1, 0.15) is 47.0 Å². The Morgan fingerprint density at radius 2 is 1.94 bits per heavy atom. The van der Waals surface area contributed by atoms with Crippen molar-refractivity contribution in [2.24, 2.45) is 5.92 Å². The Morgan fingerprint density at radius 3 is 2.35 bits per heavy atom. The number of hydrogen-bond acceptors (Lipinski definition) is 3. The van der Waals surface area contributed by atoms with Crippen LogP contribution in [0.4, 0.5) is 0 Å². The molecule has 0 aliphatic heterocycles. The molecule has 0 saturated carbocycles. The van der Waals surface area contributed by atoms with Gasteiger partial charge in [-0.15, -0.1) is 0 Å². The van der Waals surface area contributed by atoms with Crippen LogP contribution >= 0.6 is 0 Å². The lowest BCUT2D eigenvalue weighted by molar-refractivity contribution is 0.141. The summed E-state index contributed by atoms with van der Waals surface area (Å²) in [4.78, 5) is 2.38. The van der Waals surface area contributed by atoms with Crippen LogP contribution in [0.2, 0.25) is 0 Å². The maximum Gasteiger partial charge on any atom is 0.0613 e.